The maximum absolute atomic E-state index is 15.2. The number of halogens is 1. The molecule has 2 heterocycles. The van der Waals surface area contributed by atoms with Crippen LogP contribution < -0.4 is 14.4 Å². The zero-order valence-corrected chi connectivity index (χ0v) is 32.6. The van der Waals surface area contributed by atoms with Gasteiger partial charge in [0.2, 0.25) is 0 Å². The van der Waals surface area contributed by atoms with Gasteiger partial charge in [0.15, 0.2) is 11.5 Å². The number of fused-ring (bicyclic) bond motifs is 1. The van der Waals surface area contributed by atoms with Gasteiger partial charge < -0.3 is 33.7 Å². The normalized spacial score (nSPS) is 16.4. The van der Waals surface area contributed by atoms with Crippen molar-refractivity contribution in [2.75, 3.05) is 38.4 Å². The number of methoxy groups -OCH3 is 1. The van der Waals surface area contributed by atoms with E-state index >= 15 is 4.79 Å². The van der Waals surface area contributed by atoms with E-state index in [0.29, 0.717) is 52.8 Å². The Morgan fingerprint density at radius 1 is 0.982 bits per heavy atom. The SMILES string of the molecule is CCCOC(=O)c1cnn(-c2ccccc2C(=O)O)c1C[C@H]1O[C@H](c2cccc(OC)c2OCC)c2cc(Cl)ccc2N(CC(C)(CC)COC(C)=O)C1=O. The van der Waals surface area contributed by atoms with Gasteiger partial charge in [0, 0.05) is 47.1 Å². The summed E-state index contributed by atoms with van der Waals surface area (Å²) >= 11 is 6.67. The van der Waals surface area contributed by atoms with Gasteiger partial charge in [-0.1, -0.05) is 56.6 Å². The maximum atomic E-state index is 15.2. The van der Waals surface area contributed by atoms with Gasteiger partial charge in [-0.15, -0.1) is 0 Å². The van der Waals surface area contributed by atoms with Crippen molar-refractivity contribution in [1.29, 1.82) is 0 Å². The summed E-state index contributed by atoms with van der Waals surface area (Å²) in [6, 6.07) is 16.8. The molecule has 0 spiro atoms. The molecule has 3 atom stereocenters. The van der Waals surface area contributed by atoms with E-state index in [-0.39, 0.29) is 48.7 Å². The Hall–Kier alpha value is -5.40. The van der Waals surface area contributed by atoms with Crippen molar-refractivity contribution in [3.63, 3.8) is 0 Å². The van der Waals surface area contributed by atoms with Crippen LogP contribution in [0.2, 0.25) is 5.02 Å². The first-order valence-corrected chi connectivity index (χ1v) is 18.5. The minimum atomic E-state index is -1.31. The topological polar surface area (TPSA) is 156 Å². The van der Waals surface area contributed by atoms with Crippen molar-refractivity contribution in [3.8, 4) is 17.2 Å². The number of ether oxygens (including phenoxy) is 5. The number of nitrogens with zero attached hydrogens (tertiary/aromatic N) is 3. The van der Waals surface area contributed by atoms with Crippen molar-refractivity contribution in [3.05, 3.63) is 99.8 Å². The maximum Gasteiger partial charge on any atom is 0.341 e. The number of esters is 2. The zero-order valence-electron chi connectivity index (χ0n) is 31.8. The smallest absolute Gasteiger partial charge is 0.341 e. The highest BCUT2D eigenvalue weighted by Gasteiger charge is 2.42. The van der Waals surface area contributed by atoms with Crippen LogP contribution in [0.25, 0.3) is 5.69 Å². The standard InChI is InChI=1S/C41H46ClN3O10/c1-7-19-53-40(50)30-22-43-45(32-15-11-10-13-27(32)39(48)49)33(30)21-35-38(47)44(23-41(5,8-2)24-54-25(4)46)31-18-17-26(42)20-29(31)36(55-35)28-14-12-16-34(51-6)37(28)52-9-3/h10-18,20,22,35-36H,7-9,19,21,23-24H2,1-6H3,(H,48,49)/t35-,36-,41?/m1/s1. The lowest BCUT2D eigenvalue weighted by molar-refractivity contribution is -0.144. The van der Waals surface area contributed by atoms with Gasteiger partial charge in [-0.3, -0.25) is 9.59 Å². The Kier molecular flexibility index (Phi) is 13.2. The second-order valence-electron chi connectivity index (χ2n) is 13.5. The molecule has 14 heteroatoms. The van der Waals surface area contributed by atoms with Crippen LogP contribution in [0.5, 0.6) is 11.5 Å². The van der Waals surface area contributed by atoms with Crippen LogP contribution in [0.3, 0.4) is 0 Å². The molecule has 1 aliphatic heterocycles. The first-order chi connectivity index (χ1) is 26.4. The molecule has 1 aliphatic rings. The number of carboxylic acid groups (broad SMARTS) is 1. The van der Waals surface area contributed by atoms with Gasteiger partial charge >= 0.3 is 17.9 Å². The van der Waals surface area contributed by atoms with E-state index in [2.05, 4.69) is 5.10 Å². The monoisotopic (exact) mass is 775 g/mol. The summed E-state index contributed by atoms with van der Waals surface area (Å²) in [5.74, 6) is -1.97. The van der Waals surface area contributed by atoms with Crippen LogP contribution in [0, 0.1) is 5.41 Å². The van der Waals surface area contributed by atoms with Crippen molar-refractivity contribution in [2.45, 2.75) is 66.1 Å². The fourth-order valence-corrected chi connectivity index (χ4v) is 6.64. The number of anilines is 1. The van der Waals surface area contributed by atoms with E-state index < -0.39 is 41.4 Å². The van der Waals surface area contributed by atoms with E-state index in [9.17, 15) is 19.5 Å². The Morgan fingerprint density at radius 3 is 2.42 bits per heavy atom. The van der Waals surface area contributed by atoms with E-state index in [1.54, 1.807) is 53.4 Å². The van der Waals surface area contributed by atoms with Crippen LogP contribution >= 0.6 is 11.6 Å². The summed E-state index contributed by atoms with van der Waals surface area (Å²) in [6.07, 6.45) is -0.109. The van der Waals surface area contributed by atoms with Crippen molar-refractivity contribution in [2.24, 2.45) is 5.41 Å². The lowest BCUT2D eigenvalue weighted by atomic mass is 9.87. The number of aromatic nitrogens is 2. The van der Waals surface area contributed by atoms with E-state index in [1.807, 2.05) is 33.8 Å². The summed E-state index contributed by atoms with van der Waals surface area (Å²) < 4.78 is 31.1. The van der Waals surface area contributed by atoms with Crippen LogP contribution in [0.15, 0.2) is 66.9 Å². The molecule has 1 unspecified atom stereocenters. The largest absolute Gasteiger partial charge is 0.493 e. The number of carbonyl (C=O) groups is 4. The lowest BCUT2D eigenvalue weighted by Crippen LogP contribution is -2.47. The third-order valence-corrected chi connectivity index (χ3v) is 9.72. The molecule has 5 rings (SSSR count). The van der Waals surface area contributed by atoms with E-state index in [1.165, 1.54) is 31.0 Å². The molecule has 55 heavy (non-hydrogen) atoms. The molecule has 0 saturated carbocycles. The van der Waals surface area contributed by atoms with Gasteiger partial charge in [0.25, 0.3) is 5.91 Å². The number of rotatable bonds is 16. The minimum absolute atomic E-state index is 0.0387. The fraction of sp³-hybridized carbons (Fsp3) is 0.390. The summed E-state index contributed by atoms with van der Waals surface area (Å²) in [5, 5.41) is 15.0. The molecule has 0 radical (unpaired) electrons. The molecule has 0 fully saturated rings. The number of hydrogen-bond acceptors (Lipinski definition) is 10. The number of carbonyl (C=O) groups excluding carboxylic acids is 3. The number of hydrogen-bond donors (Lipinski definition) is 1. The number of benzene rings is 3. The zero-order chi connectivity index (χ0) is 39.9. The molecule has 1 N–H and O–H groups in total. The van der Waals surface area contributed by atoms with E-state index in [0.717, 1.165) is 0 Å². The third kappa shape index (κ3) is 8.95. The molecular formula is C41H46ClN3O10. The van der Waals surface area contributed by atoms with Crippen LogP contribution in [-0.2, 0) is 30.2 Å². The molecule has 0 saturated heterocycles. The highest BCUT2D eigenvalue weighted by Crippen LogP contribution is 2.46. The first-order valence-electron chi connectivity index (χ1n) is 18.1. The lowest BCUT2D eigenvalue weighted by Gasteiger charge is -2.35. The molecule has 3 aromatic carbocycles. The van der Waals surface area contributed by atoms with Crippen molar-refractivity contribution < 1.29 is 48.0 Å². The molecule has 1 amide bonds. The van der Waals surface area contributed by atoms with Crippen LogP contribution in [0.1, 0.15) is 91.1 Å². The molecule has 4 aromatic rings. The Bertz CT molecular complexity index is 2050. The van der Waals surface area contributed by atoms with Gasteiger partial charge in [-0.25, -0.2) is 14.3 Å². The predicted octanol–water partition coefficient (Wildman–Crippen LogP) is 7.24. The highest BCUT2D eigenvalue weighted by atomic mass is 35.5. The van der Waals surface area contributed by atoms with Crippen molar-refractivity contribution in [1.82, 2.24) is 9.78 Å². The van der Waals surface area contributed by atoms with Gasteiger partial charge in [-0.2, -0.15) is 5.10 Å². The summed E-state index contributed by atoms with van der Waals surface area (Å²) in [7, 11) is 1.53. The quantitative estimate of drug-likeness (QED) is 0.115. The van der Waals surface area contributed by atoms with E-state index in [4.69, 9.17) is 35.3 Å². The summed E-state index contributed by atoms with van der Waals surface area (Å²) in [5.41, 5.74) is 1.25. The Labute approximate surface area is 325 Å². The fourth-order valence-electron chi connectivity index (χ4n) is 6.46. The number of carboxylic acids is 1. The van der Waals surface area contributed by atoms with Crippen LogP contribution in [-0.4, -0.2) is 78.3 Å². The van der Waals surface area contributed by atoms with Crippen LogP contribution in [0.4, 0.5) is 5.69 Å². The van der Waals surface area contributed by atoms with Gasteiger partial charge in [-0.05, 0) is 56.2 Å². The molecule has 292 valence electrons. The number of amides is 1. The molecule has 0 bridgehead atoms. The average molecular weight is 776 g/mol. The molecule has 1 aromatic heterocycles. The van der Waals surface area contributed by atoms with Gasteiger partial charge in [0.1, 0.15) is 17.8 Å². The Balaban J connectivity index is 1.76. The summed E-state index contributed by atoms with van der Waals surface area (Å²) in [4.78, 5) is 54.7. The molecule has 13 nitrogen and oxygen atoms in total. The first kappa shape index (κ1) is 40.8. The predicted molar refractivity (Wildman–Crippen MR) is 205 cm³/mol. The molecule has 0 aliphatic carbocycles. The van der Waals surface area contributed by atoms with Gasteiger partial charge in [0.05, 0.1) is 50.1 Å². The Morgan fingerprint density at radius 2 is 1.75 bits per heavy atom. The third-order valence-electron chi connectivity index (χ3n) is 9.49. The summed E-state index contributed by atoms with van der Waals surface area (Å²) in [6.45, 7) is 9.48. The molecular weight excluding hydrogens is 730 g/mol. The minimum Gasteiger partial charge on any atom is -0.493 e. The second-order valence-corrected chi connectivity index (χ2v) is 13.9. The van der Waals surface area contributed by atoms with Crippen molar-refractivity contribution >= 4 is 41.1 Å². The number of aromatic carboxylic acids is 1. The second kappa shape index (κ2) is 17.8. The number of para-hydroxylation sites is 2. The highest BCUT2D eigenvalue weighted by molar-refractivity contribution is 6.30. The average Bonchev–Trinajstić information content (AvgIpc) is 3.56.